The van der Waals surface area contributed by atoms with E-state index in [1.807, 2.05) is 12.1 Å². The molecule has 3 aromatic carbocycles. The maximum Gasteiger partial charge on any atom is 0.118 e. The Labute approximate surface area is 134 Å². The van der Waals surface area contributed by atoms with Gasteiger partial charge in [0.25, 0.3) is 0 Å². The average molecular weight is 302 g/mol. The third kappa shape index (κ3) is 2.61. The van der Waals surface area contributed by atoms with E-state index < -0.39 is 0 Å². The van der Waals surface area contributed by atoms with Crippen molar-refractivity contribution in [1.29, 1.82) is 0 Å². The highest BCUT2D eigenvalue weighted by Crippen LogP contribution is 2.27. The minimum absolute atomic E-state index is 0.790. The third-order valence-corrected chi connectivity index (χ3v) is 4.16. The zero-order valence-corrected chi connectivity index (χ0v) is 13.0. The first-order chi connectivity index (χ1) is 11.3. The summed E-state index contributed by atoms with van der Waals surface area (Å²) >= 11 is 0. The van der Waals surface area contributed by atoms with Crippen LogP contribution in [0.1, 0.15) is 5.56 Å². The van der Waals surface area contributed by atoms with Gasteiger partial charge < -0.3 is 15.0 Å². The van der Waals surface area contributed by atoms with Gasteiger partial charge in [-0.1, -0.05) is 30.3 Å². The van der Waals surface area contributed by atoms with Crippen LogP contribution in [0.2, 0.25) is 0 Å². The summed E-state index contributed by atoms with van der Waals surface area (Å²) in [6.07, 6.45) is 0. The first-order valence-corrected chi connectivity index (χ1v) is 7.71. The van der Waals surface area contributed by atoms with Crippen LogP contribution >= 0.6 is 0 Å². The lowest BCUT2D eigenvalue weighted by atomic mass is 10.1. The number of anilines is 1. The van der Waals surface area contributed by atoms with E-state index in [0.717, 1.165) is 18.0 Å². The summed E-state index contributed by atoms with van der Waals surface area (Å²) in [6.45, 7) is 0.790. The quantitative estimate of drug-likeness (QED) is 0.560. The minimum Gasteiger partial charge on any atom is -0.497 e. The van der Waals surface area contributed by atoms with Crippen LogP contribution < -0.4 is 10.1 Å². The van der Waals surface area contributed by atoms with Crippen LogP contribution in [-0.2, 0) is 6.54 Å². The molecule has 0 aliphatic carbocycles. The van der Waals surface area contributed by atoms with Gasteiger partial charge in [-0.05, 0) is 42.0 Å². The molecule has 0 fully saturated rings. The van der Waals surface area contributed by atoms with Crippen LogP contribution in [-0.4, -0.2) is 12.1 Å². The molecule has 1 heterocycles. The highest BCUT2D eigenvalue weighted by atomic mass is 16.5. The van der Waals surface area contributed by atoms with Crippen LogP contribution in [0.3, 0.4) is 0 Å². The Morgan fingerprint density at radius 1 is 0.870 bits per heavy atom. The molecule has 4 aromatic rings. The Hall–Kier alpha value is -2.94. The van der Waals surface area contributed by atoms with E-state index in [9.17, 15) is 0 Å². The lowest BCUT2D eigenvalue weighted by molar-refractivity contribution is 0.414. The molecule has 23 heavy (non-hydrogen) atoms. The molecule has 0 spiro atoms. The number of fused-ring (bicyclic) bond motifs is 3. The largest absolute Gasteiger partial charge is 0.497 e. The topological polar surface area (TPSA) is 37.0 Å². The van der Waals surface area contributed by atoms with E-state index in [2.05, 4.69) is 64.9 Å². The summed E-state index contributed by atoms with van der Waals surface area (Å²) in [4.78, 5) is 3.45. The Bertz CT molecular complexity index is 954. The molecule has 0 radical (unpaired) electrons. The fourth-order valence-electron chi connectivity index (χ4n) is 2.91. The molecule has 3 nitrogen and oxygen atoms in total. The summed E-state index contributed by atoms with van der Waals surface area (Å²) in [5, 5.41) is 6.00. The maximum atomic E-state index is 5.19. The van der Waals surface area contributed by atoms with Crippen molar-refractivity contribution in [2.24, 2.45) is 0 Å². The van der Waals surface area contributed by atoms with Gasteiger partial charge in [-0.2, -0.15) is 0 Å². The van der Waals surface area contributed by atoms with Gasteiger partial charge in [0.15, 0.2) is 0 Å². The molecular weight excluding hydrogens is 284 g/mol. The van der Waals surface area contributed by atoms with Gasteiger partial charge in [-0.3, -0.25) is 0 Å². The summed E-state index contributed by atoms with van der Waals surface area (Å²) in [5.74, 6) is 0.883. The lowest BCUT2D eigenvalue weighted by Gasteiger charge is -2.07. The lowest BCUT2D eigenvalue weighted by Crippen LogP contribution is -1.99. The van der Waals surface area contributed by atoms with Gasteiger partial charge in [0.05, 0.1) is 7.11 Å². The third-order valence-electron chi connectivity index (χ3n) is 4.16. The van der Waals surface area contributed by atoms with Gasteiger partial charge >= 0.3 is 0 Å². The van der Waals surface area contributed by atoms with Crippen LogP contribution in [0, 0.1) is 0 Å². The molecule has 0 aliphatic heterocycles. The van der Waals surface area contributed by atoms with Crippen molar-refractivity contribution in [3.8, 4) is 5.75 Å². The second-order valence-electron chi connectivity index (χ2n) is 5.63. The van der Waals surface area contributed by atoms with Gasteiger partial charge in [-0.15, -0.1) is 0 Å². The van der Waals surface area contributed by atoms with Crippen LogP contribution in [0.25, 0.3) is 21.8 Å². The average Bonchev–Trinajstić information content (AvgIpc) is 2.98. The zero-order chi connectivity index (χ0) is 15.6. The van der Waals surface area contributed by atoms with E-state index in [-0.39, 0.29) is 0 Å². The Morgan fingerprint density at radius 3 is 2.48 bits per heavy atom. The molecule has 1 aromatic heterocycles. The number of aromatic nitrogens is 1. The second-order valence-corrected chi connectivity index (χ2v) is 5.63. The smallest absolute Gasteiger partial charge is 0.118 e. The SMILES string of the molecule is COc1ccc(CNc2ccc3[nH]c4ccccc4c3c2)cc1. The minimum atomic E-state index is 0.790. The summed E-state index contributed by atoms with van der Waals surface area (Å²) < 4.78 is 5.19. The van der Waals surface area contributed by atoms with Crippen molar-refractivity contribution in [1.82, 2.24) is 4.98 Å². The predicted octanol–water partition coefficient (Wildman–Crippen LogP) is 4.94. The standard InChI is InChI=1S/C20H18N2O/c1-23-16-9-6-14(7-10-16)13-21-15-8-11-20-18(12-15)17-4-2-3-5-19(17)22-20/h2-12,21-22H,13H2,1H3. The number of benzene rings is 3. The Balaban J connectivity index is 1.59. The summed E-state index contributed by atoms with van der Waals surface area (Å²) in [6, 6.07) is 23.0. The van der Waals surface area contributed by atoms with Crippen molar-refractivity contribution in [3.63, 3.8) is 0 Å². The van der Waals surface area contributed by atoms with Crippen molar-refractivity contribution in [2.45, 2.75) is 6.54 Å². The number of H-pyrrole nitrogens is 1. The van der Waals surface area contributed by atoms with E-state index in [0.29, 0.717) is 0 Å². The van der Waals surface area contributed by atoms with Crippen molar-refractivity contribution < 1.29 is 4.74 Å². The highest BCUT2D eigenvalue weighted by Gasteiger charge is 2.04. The first-order valence-electron chi connectivity index (χ1n) is 7.71. The molecule has 114 valence electrons. The van der Waals surface area contributed by atoms with Gasteiger partial charge in [0.1, 0.15) is 5.75 Å². The summed E-state index contributed by atoms with van der Waals surface area (Å²) in [5.41, 5.74) is 4.69. The van der Waals surface area contributed by atoms with Crippen LogP contribution in [0.5, 0.6) is 5.75 Å². The number of ether oxygens (including phenoxy) is 1. The number of hydrogen-bond donors (Lipinski definition) is 2. The second kappa shape index (κ2) is 5.69. The molecule has 0 amide bonds. The molecule has 0 saturated heterocycles. The molecule has 2 N–H and O–H groups in total. The van der Waals surface area contributed by atoms with E-state index in [1.54, 1.807) is 7.11 Å². The fourth-order valence-corrected chi connectivity index (χ4v) is 2.91. The molecule has 0 saturated carbocycles. The van der Waals surface area contributed by atoms with Crippen molar-refractivity contribution >= 4 is 27.5 Å². The van der Waals surface area contributed by atoms with Crippen molar-refractivity contribution in [3.05, 3.63) is 72.3 Å². The normalized spacial score (nSPS) is 11.0. The van der Waals surface area contributed by atoms with E-state index in [1.165, 1.54) is 27.4 Å². The number of para-hydroxylation sites is 1. The number of nitrogens with one attached hydrogen (secondary N) is 2. The highest BCUT2D eigenvalue weighted by molar-refractivity contribution is 6.08. The predicted molar refractivity (Wildman–Crippen MR) is 96.1 cm³/mol. The van der Waals surface area contributed by atoms with Crippen molar-refractivity contribution in [2.75, 3.05) is 12.4 Å². The molecule has 3 heteroatoms. The van der Waals surface area contributed by atoms with Crippen LogP contribution in [0.4, 0.5) is 5.69 Å². The van der Waals surface area contributed by atoms with Gasteiger partial charge in [0.2, 0.25) is 0 Å². The number of rotatable bonds is 4. The fraction of sp³-hybridized carbons (Fsp3) is 0.100. The maximum absolute atomic E-state index is 5.19. The summed E-state index contributed by atoms with van der Waals surface area (Å²) in [7, 11) is 1.68. The molecule has 0 unspecified atom stereocenters. The number of aromatic amines is 1. The molecule has 0 aliphatic rings. The van der Waals surface area contributed by atoms with E-state index in [4.69, 9.17) is 4.74 Å². The first kappa shape index (κ1) is 13.7. The van der Waals surface area contributed by atoms with Gasteiger partial charge in [0, 0.05) is 34.0 Å². The van der Waals surface area contributed by atoms with E-state index >= 15 is 0 Å². The molecule has 4 rings (SSSR count). The zero-order valence-electron chi connectivity index (χ0n) is 13.0. The Kier molecular flexibility index (Phi) is 3.39. The molecule has 0 atom stereocenters. The number of hydrogen-bond acceptors (Lipinski definition) is 2. The molecular formula is C20H18N2O. The Morgan fingerprint density at radius 2 is 1.65 bits per heavy atom. The van der Waals surface area contributed by atoms with Gasteiger partial charge in [-0.25, -0.2) is 0 Å². The number of methoxy groups -OCH3 is 1. The van der Waals surface area contributed by atoms with Crippen LogP contribution in [0.15, 0.2) is 66.7 Å². The molecule has 0 bridgehead atoms. The monoisotopic (exact) mass is 302 g/mol.